The molecule has 0 aliphatic rings. The van der Waals surface area contributed by atoms with Crippen LogP contribution in [0.2, 0.25) is 0 Å². The van der Waals surface area contributed by atoms with E-state index in [0.29, 0.717) is 18.4 Å². The first-order valence-electron chi connectivity index (χ1n) is 12.8. The van der Waals surface area contributed by atoms with Crippen LogP contribution in [0.5, 0.6) is 0 Å². The molecule has 2 N–H and O–H groups in total. The molecule has 0 heterocycles. The Balaban J connectivity index is 0.000000412. The van der Waals surface area contributed by atoms with Crippen LogP contribution in [0.15, 0.2) is 72.8 Å². The number of nitrogens with one attached hydrogen (secondary N) is 1. The summed E-state index contributed by atoms with van der Waals surface area (Å²) in [6.07, 6.45) is 0.611. The van der Waals surface area contributed by atoms with Crippen molar-refractivity contribution in [1.29, 1.82) is 0 Å². The molecule has 0 spiro atoms. The van der Waals surface area contributed by atoms with Gasteiger partial charge >= 0.3 is 37.1 Å². The first-order valence-corrected chi connectivity index (χ1v) is 13.9. The van der Waals surface area contributed by atoms with E-state index in [-0.39, 0.29) is 67.7 Å². The molecule has 3 rings (SSSR count). The van der Waals surface area contributed by atoms with E-state index in [1.54, 1.807) is 24.3 Å². The Kier molecular flexibility index (Phi) is 15.6. The van der Waals surface area contributed by atoms with Crippen LogP contribution in [0.4, 0.5) is 8.78 Å². The van der Waals surface area contributed by atoms with E-state index in [2.05, 4.69) is 75.5 Å². The number of hydrogen-bond donors (Lipinski definition) is 2. The van der Waals surface area contributed by atoms with E-state index >= 15 is 0 Å². The van der Waals surface area contributed by atoms with Crippen molar-refractivity contribution < 1.29 is 54.6 Å². The van der Waals surface area contributed by atoms with Crippen molar-refractivity contribution in [3.05, 3.63) is 102 Å². The summed E-state index contributed by atoms with van der Waals surface area (Å²) in [5.74, 6) is -1.43. The van der Waals surface area contributed by atoms with Gasteiger partial charge in [-0.25, -0.2) is 0 Å². The predicted octanol–water partition coefficient (Wildman–Crippen LogP) is 8.46. The second-order valence-electron chi connectivity index (χ2n) is 10.3. The molecule has 0 aliphatic heterocycles. The molecular weight excluding hydrogens is 849 g/mol. The minimum atomic E-state index is -2.69. The van der Waals surface area contributed by atoms with E-state index in [4.69, 9.17) is 5.11 Å². The second-order valence-corrected chi connectivity index (χ2v) is 11.9. The zero-order valence-electron chi connectivity index (χ0n) is 23.1. The van der Waals surface area contributed by atoms with Crippen LogP contribution < -0.4 is 5.32 Å². The van der Waals surface area contributed by atoms with Crippen LogP contribution in [0.25, 0.3) is 11.1 Å². The summed E-state index contributed by atoms with van der Waals surface area (Å²) in [5.41, 5.74) is 5.41. The predicted molar refractivity (Wildman–Crippen MR) is 161 cm³/mol. The van der Waals surface area contributed by atoms with Gasteiger partial charge in [0.25, 0.3) is 9.84 Å². The molecule has 4 nitrogen and oxygen atoms in total. The van der Waals surface area contributed by atoms with Gasteiger partial charge in [0.05, 0.1) is 6.42 Å². The summed E-state index contributed by atoms with van der Waals surface area (Å²) in [7, 11) is 0. The van der Waals surface area contributed by atoms with Gasteiger partial charge in [0.1, 0.15) is 0 Å². The fraction of sp³-hybridized carbons (Fsp3) is 0.344. The molecule has 0 aromatic heterocycles. The van der Waals surface area contributed by atoms with Gasteiger partial charge < -0.3 is 17.3 Å². The molecule has 40 heavy (non-hydrogen) atoms. The molecule has 0 saturated heterocycles. The summed E-state index contributed by atoms with van der Waals surface area (Å²) in [6.45, 7) is 10.7. The van der Waals surface area contributed by atoms with Crippen LogP contribution in [0.1, 0.15) is 73.9 Å². The zero-order chi connectivity index (χ0) is 29.1. The maximum atomic E-state index is 12.8. The third-order valence-electron chi connectivity index (χ3n) is 6.08. The van der Waals surface area contributed by atoms with Crippen molar-refractivity contribution in [3.8, 4) is 11.1 Å². The second kappa shape index (κ2) is 17.3. The third kappa shape index (κ3) is 13.7. The molecule has 3 aromatic rings. The number of carboxylic acids is 1. The topological polar surface area (TPSA) is 66.4 Å². The first kappa shape index (κ1) is 36.3. The van der Waals surface area contributed by atoms with E-state index in [0.717, 1.165) is 28.2 Å². The van der Waals surface area contributed by atoms with Gasteiger partial charge in [0.15, 0.2) is 0 Å². The largest absolute Gasteiger partial charge is 2.00 e. The third-order valence-corrected chi connectivity index (χ3v) is 6.62. The number of benzene rings is 3. The normalized spacial score (nSPS) is 11.9. The fourth-order valence-corrected chi connectivity index (χ4v) is 4.13. The van der Waals surface area contributed by atoms with Crippen LogP contribution in [0.3, 0.4) is 0 Å². The Labute approximate surface area is 274 Å². The maximum absolute atomic E-state index is 12.8. The van der Waals surface area contributed by atoms with E-state index in [1.165, 1.54) is 16.7 Å². The summed E-state index contributed by atoms with van der Waals surface area (Å²) in [4.78, 5) is 22.2. The average Bonchev–Trinajstić information content (AvgIpc) is 2.88. The molecule has 1 atom stereocenters. The molecule has 1 unspecified atom stereocenters. The van der Waals surface area contributed by atoms with Crippen LogP contribution in [0, 0.1) is 44.1 Å². The summed E-state index contributed by atoms with van der Waals surface area (Å²) in [5, 5.41) is 11.0. The van der Waals surface area contributed by atoms with Gasteiger partial charge in [-0.05, 0) is 57.7 Å². The smallest absolute Gasteiger partial charge is 0.481 e. The Hall–Kier alpha value is -1.76. The number of amides is 1. The fourth-order valence-electron chi connectivity index (χ4n) is 3.75. The quantitative estimate of drug-likeness (QED) is 0.122. The van der Waals surface area contributed by atoms with E-state index < -0.39 is 9.90 Å². The number of halogens is 3. The van der Waals surface area contributed by atoms with Gasteiger partial charge in [-0.2, -0.15) is 39.1 Å². The van der Waals surface area contributed by atoms with Crippen molar-refractivity contribution in [2.45, 2.75) is 61.7 Å². The van der Waals surface area contributed by atoms with Crippen LogP contribution in [-0.2, 0) is 10.2 Å². The van der Waals surface area contributed by atoms with Crippen molar-refractivity contribution in [2.75, 3.05) is 6.54 Å². The van der Waals surface area contributed by atoms with Gasteiger partial charge in [0, 0.05) is 18.5 Å². The molecule has 1 amide bonds. The number of carbonyl (C=O) groups is 2. The Morgan fingerprint density at radius 1 is 0.975 bits per heavy atom. The van der Waals surface area contributed by atoms with Crippen LogP contribution in [-0.4, -0.2) is 27.5 Å². The maximum Gasteiger partial charge on any atom is 2.00 e. The number of aliphatic carboxylic acids is 1. The average molecular weight is 886 g/mol. The molecule has 8 heteroatoms. The molecule has 0 saturated carbocycles. The Morgan fingerprint density at radius 2 is 1.52 bits per heavy atom. The van der Waals surface area contributed by atoms with Crippen molar-refractivity contribution in [1.82, 2.24) is 5.32 Å². The number of hydrogen-bond acceptors (Lipinski definition) is 2. The molecular formula is C32H36F2INO3U. The van der Waals surface area contributed by atoms with Gasteiger partial charge in [-0.15, -0.1) is 11.5 Å². The SMILES string of the molecule is CC(C)(C)c1ccc(-c2cc[c-]cc2)cc1.[CH2-]C(CCCC(F)(F)I)c1ccc(C(=O)NCCC(=O)O)cc1.[U+2]. The van der Waals surface area contributed by atoms with Crippen molar-refractivity contribution in [2.24, 2.45) is 0 Å². The number of rotatable bonds is 10. The zero-order valence-corrected chi connectivity index (χ0v) is 29.5. The van der Waals surface area contributed by atoms with Gasteiger partial charge in [0.2, 0.25) is 0 Å². The molecule has 3 aromatic carbocycles. The molecule has 0 aliphatic carbocycles. The molecule has 0 bridgehead atoms. The van der Waals surface area contributed by atoms with Crippen molar-refractivity contribution in [3.63, 3.8) is 0 Å². The Morgan fingerprint density at radius 3 is 2.02 bits per heavy atom. The number of alkyl halides is 3. The monoisotopic (exact) mass is 885 g/mol. The summed E-state index contributed by atoms with van der Waals surface area (Å²) in [6, 6.07) is 26.7. The summed E-state index contributed by atoms with van der Waals surface area (Å²) >= 11 is 1.13. The molecule has 0 fully saturated rings. The number of carboxylic acid groups (broad SMARTS) is 1. The minimum absolute atomic E-state index is 0. The van der Waals surface area contributed by atoms with E-state index in [1.807, 2.05) is 12.1 Å². The van der Waals surface area contributed by atoms with Crippen molar-refractivity contribution >= 4 is 34.5 Å². The number of carbonyl (C=O) groups excluding carboxylic acids is 1. The summed E-state index contributed by atoms with van der Waals surface area (Å²) < 4.78 is 22.8. The Bertz CT molecular complexity index is 1180. The standard InChI is InChI=1S/C16H19F2INO3.C16H17.U/c1-11(3-2-9-16(17,18)19)12-4-6-13(7-5-12)15(23)20-10-8-14(21)22;1-16(2,3)15-11-9-14(10-12-15)13-7-5-4-6-8-13;/h4-7,11H,1-3,8-10H2,(H,20,23)(H,21,22);5-12H,1-3H3;/q2*-1;+2. The molecule has 212 valence electrons. The molecule has 0 radical (unpaired) electrons. The first-order chi connectivity index (χ1) is 18.3. The van der Waals surface area contributed by atoms with E-state index in [9.17, 15) is 18.4 Å². The van der Waals surface area contributed by atoms with Gasteiger partial charge in [-0.1, -0.05) is 69.2 Å². The van der Waals surface area contributed by atoms with Gasteiger partial charge in [-0.3, -0.25) is 9.59 Å². The van der Waals surface area contributed by atoms with Crippen LogP contribution >= 0.6 is 22.6 Å². The minimum Gasteiger partial charge on any atom is -0.481 e.